The van der Waals surface area contributed by atoms with Crippen molar-refractivity contribution in [3.63, 3.8) is 0 Å². The minimum atomic E-state index is -1.09. The number of carbonyl (C=O) groups is 3. The highest BCUT2D eigenvalue weighted by Gasteiger charge is 2.56. The van der Waals surface area contributed by atoms with E-state index in [1.54, 1.807) is 12.1 Å². The maximum absolute atomic E-state index is 13.0. The third-order valence-electron chi connectivity index (χ3n) is 5.37. The molecule has 28 heavy (non-hydrogen) atoms. The fourth-order valence-electron chi connectivity index (χ4n) is 3.67. The van der Waals surface area contributed by atoms with Crippen LogP contribution in [-0.4, -0.2) is 29.9 Å². The molecule has 0 aromatic heterocycles. The molecule has 4 rings (SSSR count). The largest absolute Gasteiger partial charge is 0.349 e. The Morgan fingerprint density at radius 2 is 1.89 bits per heavy atom. The Labute approximate surface area is 167 Å². The van der Waals surface area contributed by atoms with Crippen molar-refractivity contribution in [2.45, 2.75) is 25.3 Å². The number of carbonyl (C=O) groups excluding carboxylic acids is 3. The van der Waals surface area contributed by atoms with Gasteiger partial charge in [-0.15, -0.1) is 0 Å². The number of benzene rings is 2. The summed E-state index contributed by atoms with van der Waals surface area (Å²) in [6, 6.07) is 12.6. The topological polar surface area (TPSA) is 87.3 Å². The summed E-state index contributed by atoms with van der Waals surface area (Å²) in [4.78, 5) is 37.0. The van der Waals surface area contributed by atoms with Gasteiger partial charge in [-0.1, -0.05) is 53.6 Å². The SMILES string of the molecule is Cc1ccc(-c2cccc(Cl)c2C(=O)NC[C@@]2(C3CC3)NC(=O)NC2=O)cc1. The number of amides is 4. The van der Waals surface area contributed by atoms with Crippen molar-refractivity contribution in [3.8, 4) is 11.1 Å². The second-order valence-electron chi connectivity index (χ2n) is 7.36. The van der Waals surface area contributed by atoms with Crippen molar-refractivity contribution >= 4 is 29.4 Å². The lowest BCUT2D eigenvalue weighted by Gasteiger charge is -2.26. The molecule has 0 unspecified atom stereocenters. The predicted molar refractivity (Wildman–Crippen MR) is 106 cm³/mol. The van der Waals surface area contributed by atoms with Crippen LogP contribution in [0, 0.1) is 12.8 Å². The standard InChI is InChI=1S/C21H20ClN3O3/c1-12-5-7-13(8-6-12)15-3-2-4-16(22)17(15)18(26)23-11-21(14-9-10-14)19(27)24-20(28)25-21/h2-8,14H,9-11H2,1H3,(H,23,26)(H2,24,25,27,28)/t21-/m0/s1. The van der Waals surface area contributed by atoms with Crippen LogP contribution in [0.25, 0.3) is 11.1 Å². The zero-order valence-electron chi connectivity index (χ0n) is 15.3. The zero-order valence-corrected chi connectivity index (χ0v) is 16.1. The Balaban J connectivity index is 1.61. The number of nitrogens with one attached hydrogen (secondary N) is 3. The monoisotopic (exact) mass is 397 g/mol. The minimum absolute atomic E-state index is 0.0205. The molecule has 0 spiro atoms. The molecule has 2 aromatic rings. The number of imide groups is 1. The van der Waals surface area contributed by atoms with Crippen molar-refractivity contribution in [1.29, 1.82) is 0 Å². The maximum Gasteiger partial charge on any atom is 0.322 e. The lowest BCUT2D eigenvalue weighted by Crippen LogP contribution is -2.57. The maximum atomic E-state index is 13.0. The van der Waals surface area contributed by atoms with Gasteiger partial charge in [-0.05, 0) is 42.9 Å². The van der Waals surface area contributed by atoms with Crippen LogP contribution in [0.4, 0.5) is 4.79 Å². The van der Waals surface area contributed by atoms with E-state index in [0.717, 1.165) is 24.0 Å². The highest BCUT2D eigenvalue weighted by Crippen LogP contribution is 2.41. The highest BCUT2D eigenvalue weighted by atomic mass is 35.5. The van der Waals surface area contributed by atoms with Gasteiger partial charge in [0, 0.05) is 0 Å². The van der Waals surface area contributed by atoms with E-state index in [4.69, 9.17) is 11.6 Å². The molecule has 1 saturated carbocycles. The first-order chi connectivity index (χ1) is 13.4. The quantitative estimate of drug-likeness (QED) is 0.678. The summed E-state index contributed by atoms with van der Waals surface area (Å²) in [6.45, 7) is 2.01. The normalized spacial score (nSPS) is 21.2. The van der Waals surface area contributed by atoms with E-state index in [9.17, 15) is 14.4 Å². The Morgan fingerprint density at radius 3 is 2.50 bits per heavy atom. The molecule has 3 N–H and O–H groups in total. The first-order valence-corrected chi connectivity index (χ1v) is 9.56. The van der Waals surface area contributed by atoms with Crippen LogP contribution in [0.1, 0.15) is 28.8 Å². The number of hydrogen-bond donors (Lipinski definition) is 3. The average Bonchev–Trinajstić information content (AvgIpc) is 3.46. The molecule has 144 valence electrons. The summed E-state index contributed by atoms with van der Waals surface area (Å²) in [5.74, 6) is -0.740. The van der Waals surface area contributed by atoms with Crippen molar-refractivity contribution in [2.24, 2.45) is 5.92 Å². The van der Waals surface area contributed by atoms with Gasteiger partial charge in [0.1, 0.15) is 5.54 Å². The summed E-state index contributed by atoms with van der Waals surface area (Å²) in [7, 11) is 0. The van der Waals surface area contributed by atoms with Crippen LogP contribution >= 0.6 is 11.6 Å². The van der Waals surface area contributed by atoms with Crippen LogP contribution in [0.5, 0.6) is 0 Å². The molecule has 1 aliphatic carbocycles. The smallest absolute Gasteiger partial charge is 0.322 e. The third-order valence-corrected chi connectivity index (χ3v) is 5.69. The summed E-state index contributed by atoms with van der Waals surface area (Å²) in [5.41, 5.74) is 1.97. The van der Waals surface area contributed by atoms with E-state index in [-0.39, 0.29) is 18.4 Å². The van der Waals surface area contributed by atoms with E-state index < -0.39 is 17.5 Å². The molecule has 1 heterocycles. The van der Waals surface area contributed by atoms with Gasteiger partial charge in [-0.3, -0.25) is 14.9 Å². The van der Waals surface area contributed by atoms with Gasteiger partial charge in [-0.2, -0.15) is 0 Å². The summed E-state index contributed by atoms with van der Waals surface area (Å²) in [5, 5.41) is 8.13. The lowest BCUT2D eigenvalue weighted by atomic mass is 9.92. The lowest BCUT2D eigenvalue weighted by molar-refractivity contribution is -0.124. The Kier molecular flexibility index (Phi) is 4.59. The van der Waals surface area contributed by atoms with Crippen molar-refractivity contribution < 1.29 is 14.4 Å². The van der Waals surface area contributed by atoms with Crippen molar-refractivity contribution in [2.75, 3.05) is 6.54 Å². The van der Waals surface area contributed by atoms with Gasteiger partial charge in [0.05, 0.1) is 17.1 Å². The molecular formula is C21H20ClN3O3. The number of hydrogen-bond acceptors (Lipinski definition) is 3. The van der Waals surface area contributed by atoms with Crippen LogP contribution < -0.4 is 16.0 Å². The third kappa shape index (κ3) is 3.24. The number of aryl methyl sites for hydroxylation is 1. The molecule has 1 saturated heterocycles. The Morgan fingerprint density at radius 1 is 1.18 bits per heavy atom. The molecule has 4 amide bonds. The molecule has 6 nitrogen and oxygen atoms in total. The fourth-order valence-corrected chi connectivity index (χ4v) is 3.93. The number of rotatable bonds is 5. The zero-order chi connectivity index (χ0) is 19.9. The molecule has 2 aromatic carbocycles. The average molecular weight is 398 g/mol. The fraction of sp³-hybridized carbons (Fsp3) is 0.286. The molecule has 2 fully saturated rings. The summed E-state index contributed by atoms with van der Waals surface area (Å²) >= 11 is 6.35. The van der Waals surface area contributed by atoms with Crippen molar-refractivity contribution in [3.05, 3.63) is 58.6 Å². The van der Waals surface area contributed by atoms with Gasteiger partial charge >= 0.3 is 6.03 Å². The highest BCUT2D eigenvalue weighted by molar-refractivity contribution is 6.34. The second kappa shape index (κ2) is 6.95. The van der Waals surface area contributed by atoms with E-state index in [1.165, 1.54) is 0 Å². The molecule has 1 atom stereocenters. The molecule has 0 radical (unpaired) electrons. The van der Waals surface area contributed by atoms with E-state index in [0.29, 0.717) is 16.1 Å². The van der Waals surface area contributed by atoms with E-state index >= 15 is 0 Å². The van der Waals surface area contributed by atoms with E-state index in [1.807, 2.05) is 37.3 Å². The van der Waals surface area contributed by atoms with Crippen LogP contribution in [-0.2, 0) is 4.79 Å². The first-order valence-electron chi connectivity index (χ1n) is 9.18. The molecule has 7 heteroatoms. The molecular weight excluding hydrogens is 378 g/mol. The van der Waals surface area contributed by atoms with Gasteiger partial charge < -0.3 is 10.6 Å². The van der Waals surface area contributed by atoms with Gasteiger partial charge in [0.15, 0.2) is 0 Å². The van der Waals surface area contributed by atoms with Crippen LogP contribution in [0.3, 0.4) is 0 Å². The van der Waals surface area contributed by atoms with Crippen LogP contribution in [0.15, 0.2) is 42.5 Å². The minimum Gasteiger partial charge on any atom is -0.349 e. The molecule has 2 aliphatic rings. The van der Waals surface area contributed by atoms with E-state index in [2.05, 4.69) is 16.0 Å². The van der Waals surface area contributed by atoms with Gasteiger partial charge in [0.25, 0.3) is 11.8 Å². The van der Waals surface area contributed by atoms with Crippen molar-refractivity contribution in [1.82, 2.24) is 16.0 Å². The second-order valence-corrected chi connectivity index (χ2v) is 7.77. The summed E-state index contributed by atoms with van der Waals surface area (Å²) < 4.78 is 0. The number of urea groups is 1. The predicted octanol–water partition coefficient (Wildman–Crippen LogP) is 3.03. The molecule has 1 aliphatic heterocycles. The van der Waals surface area contributed by atoms with Gasteiger partial charge in [-0.25, -0.2) is 4.79 Å². The van der Waals surface area contributed by atoms with Gasteiger partial charge in [0.2, 0.25) is 0 Å². The molecule has 0 bridgehead atoms. The number of halogens is 1. The summed E-state index contributed by atoms with van der Waals surface area (Å²) in [6.07, 6.45) is 1.68. The van der Waals surface area contributed by atoms with Crippen LogP contribution in [0.2, 0.25) is 5.02 Å². The first kappa shape index (κ1) is 18.5. The Hall–Kier alpha value is -2.86. The Bertz CT molecular complexity index is 969.